The maximum Gasteiger partial charge on any atom is 0.191 e. The quantitative estimate of drug-likeness (QED) is 0.612. The molecule has 1 aromatic rings. The number of anilines is 1. The molecule has 0 aromatic carbocycles. The van der Waals surface area contributed by atoms with Crippen LogP contribution < -0.4 is 15.5 Å². The van der Waals surface area contributed by atoms with Gasteiger partial charge in [0, 0.05) is 46.0 Å². The van der Waals surface area contributed by atoms with Gasteiger partial charge in [0.15, 0.2) is 5.96 Å². The fourth-order valence-electron chi connectivity index (χ4n) is 4.27. The van der Waals surface area contributed by atoms with Crippen molar-refractivity contribution in [3.63, 3.8) is 0 Å². The molecule has 0 bridgehead atoms. The van der Waals surface area contributed by atoms with Gasteiger partial charge in [-0.1, -0.05) is 0 Å². The van der Waals surface area contributed by atoms with E-state index in [1.165, 1.54) is 44.2 Å². The van der Waals surface area contributed by atoms with Crippen LogP contribution in [0.2, 0.25) is 0 Å². The molecule has 4 rings (SSSR count). The van der Waals surface area contributed by atoms with Crippen molar-refractivity contribution in [2.75, 3.05) is 31.6 Å². The Labute approximate surface area is 151 Å². The zero-order chi connectivity index (χ0) is 17.2. The molecule has 0 amide bonds. The van der Waals surface area contributed by atoms with Gasteiger partial charge in [-0.3, -0.25) is 9.67 Å². The van der Waals surface area contributed by atoms with E-state index in [9.17, 15) is 0 Å². The number of hydrogen-bond acceptors (Lipinski definition) is 3. The number of nitrogens with zero attached hydrogens (tertiary/aromatic N) is 4. The molecule has 1 atom stereocenters. The van der Waals surface area contributed by atoms with Crippen molar-refractivity contribution in [1.29, 1.82) is 0 Å². The van der Waals surface area contributed by atoms with Gasteiger partial charge in [0.05, 0.1) is 11.9 Å². The molecule has 2 heterocycles. The molecule has 3 fully saturated rings. The standard InChI is InChI=1S/C19H32N6/c1-20-19(21-11-18(14-5-6-14)15-7-8-15)23-16-4-3-9-25(12-16)17-10-22-24(2)13-17/h10,13-16,18H,3-9,11-12H2,1-2H3,(H2,20,21,23). The Hall–Kier alpha value is -1.72. The smallest absolute Gasteiger partial charge is 0.191 e. The van der Waals surface area contributed by atoms with Gasteiger partial charge in [0.1, 0.15) is 0 Å². The fraction of sp³-hybridized carbons (Fsp3) is 0.789. The Morgan fingerprint density at radius 3 is 2.64 bits per heavy atom. The first-order chi connectivity index (χ1) is 12.2. The summed E-state index contributed by atoms with van der Waals surface area (Å²) >= 11 is 0. The lowest BCUT2D eigenvalue weighted by Gasteiger charge is -2.34. The van der Waals surface area contributed by atoms with E-state index in [4.69, 9.17) is 0 Å². The number of rotatable bonds is 6. The summed E-state index contributed by atoms with van der Waals surface area (Å²) in [5.74, 6) is 3.81. The van der Waals surface area contributed by atoms with E-state index >= 15 is 0 Å². The number of nitrogens with one attached hydrogen (secondary N) is 2. The van der Waals surface area contributed by atoms with E-state index in [0.717, 1.165) is 43.3 Å². The zero-order valence-electron chi connectivity index (χ0n) is 15.6. The van der Waals surface area contributed by atoms with Gasteiger partial charge < -0.3 is 15.5 Å². The lowest BCUT2D eigenvalue weighted by molar-refractivity contribution is 0.397. The van der Waals surface area contributed by atoms with Gasteiger partial charge in [0.2, 0.25) is 0 Å². The molecular weight excluding hydrogens is 312 g/mol. The third kappa shape index (κ3) is 4.28. The average Bonchev–Trinajstić information content (AvgIpc) is 3.55. The predicted octanol–water partition coefficient (Wildman–Crippen LogP) is 1.99. The fourth-order valence-corrected chi connectivity index (χ4v) is 4.27. The molecule has 6 heteroatoms. The minimum absolute atomic E-state index is 0.445. The van der Waals surface area contributed by atoms with Crippen molar-refractivity contribution in [3.8, 4) is 0 Å². The molecule has 2 saturated carbocycles. The summed E-state index contributed by atoms with van der Waals surface area (Å²) in [5.41, 5.74) is 1.22. The third-order valence-corrected chi connectivity index (χ3v) is 6.00. The zero-order valence-corrected chi connectivity index (χ0v) is 15.6. The molecule has 1 unspecified atom stereocenters. The Kier molecular flexibility index (Phi) is 4.86. The Morgan fingerprint density at radius 1 is 1.28 bits per heavy atom. The van der Waals surface area contributed by atoms with Gasteiger partial charge in [-0.2, -0.15) is 5.10 Å². The predicted molar refractivity (Wildman–Crippen MR) is 102 cm³/mol. The van der Waals surface area contributed by atoms with Gasteiger partial charge >= 0.3 is 0 Å². The number of piperidine rings is 1. The minimum Gasteiger partial charge on any atom is -0.367 e. The van der Waals surface area contributed by atoms with E-state index in [2.05, 4.69) is 31.8 Å². The first kappa shape index (κ1) is 16.7. The monoisotopic (exact) mass is 344 g/mol. The highest BCUT2D eigenvalue weighted by molar-refractivity contribution is 5.80. The highest BCUT2D eigenvalue weighted by Crippen LogP contribution is 2.48. The second kappa shape index (κ2) is 7.26. The number of aliphatic imine (C=N–C) groups is 1. The summed E-state index contributed by atoms with van der Waals surface area (Å²) in [6.07, 6.45) is 12.2. The van der Waals surface area contributed by atoms with Crippen molar-refractivity contribution in [2.45, 2.75) is 44.6 Å². The molecule has 2 aliphatic carbocycles. The van der Waals surface area contributed by atoms with Crippen LogP contribution in [0.15, 0.2) is 17.4 Å². The molecule has 3 aliphatic rings. The van der Waals surface area contributed by atoms with Gasteiger partial charge in [-0.15, -0.1) is 0 Å². The van der Waals surface area contributed by atoms with E-state index in [1.54, 1.807) is 0 Å². The van der Waals surface area contributed by atoms with E-state index in [1.807, 2.05) is 25.0 Å². The number of aryl methyl sites for hydroxylation is 1. The van der Waals surface area contributed by atoms with Crippen molar-refractivity contribution in [3.05, 3.63) is 12.4 Å². The van der Waals surface area contributed by atoms with Crippen molar-refractivity contribution >= 4 is 11.6 Å². The van der Waals surface area contributed by atoms with Gasteiger partial charge in [0.25, 0.3) is 0 Å². The first-order valence-electron chi connectivity index (χ1n) is 9.93. The van der Waals surface area contributed by atoms with Crippen molar-refractivity contribution in [2.24, 2.45) is 29.8 Å². The van der Waals surface area contributed by atoms with Gasteiger partial charge in [-0.05, 0) is 56.3 Å². The molecule has 138 valence electrons. The molecule has 2 N–H and O–H groups in total. The molecule has 1 aliphatic heterocycles. The Bertz CT molecular complexity index is 589. The number of guanidine groups is 1. The van der Waals surface area contributed by atoms with Crippen molar-refractivity contribution in [1.82, 2.24) is 20.4 Å². The first-order valence-corrected chi connectivity index (χ1v) is 9.93. The molecule has 0 radical (unpaired) electrons. The topological polar surface area (TPSA) is 57.5 Å². The molecule has 1 aromatic heterocycles. The van der Waals surface area contributed by atoms with Crippen LogP contribution in [0, 0.1) is 17.8 Å². The molecule has 25 heavy (non-hydrogen) atoms. The van der Waals surface area contributed by atoms with Crippen LogP contribution in [0.3, 0.4) is 0 Å². The largest absolute Gasteiger partial charge is 0.367 e. The van der Waals surface area contributed by atoms with E-state index in [-0.39, 0.29) is 0 Å². The summed E-state index contributed by atoms with van der Waals surface area (Å²) in [4.78, 5) is 6.90. The molecule has 1 saturated heterocycles. The number of hydrogen-bond donors (Lipinski definition) is 2. The van der Waals surface area contributed by atoms with Crippen LogP contribution in [0.1, 0.15) is 38.5 Å². The summed E-state index contributed by atoms with van der Waals surface area (Å²) in [5, 5.41) is 11.6. The van der Waals surface area contributed by atoms with Crippen LogP contribution >= 0.6 is 0 Å². The maximum atomic E-state index is 4.47. The lowest BCUT2D eigenvalue weighted by atomic mass is 9.98. The number of aromatic nitrogens is 2. The summed E-state index contributed by atoms with van der Waals surface area (Å²) in [6.45, 7) is 3.22. The highest BCUT2D eigenvalue weighted by atomic mass is 15.3. The van der Waals surface area contributed by atoms with Gasteiger partial charge in [-0.25, -0.2) is 0 Å². The summed E-state index contributed by atoms with van der Waals surface area (Å²) in [6, 6.07) is 0.445. The SMILES string of the molecule is CN=C(NCC(C1CC1)C1CC1)NC1CCCN(c2cnn(C)c2)C1. The summed E-state index contributed by atoms with van der Waals surface area (Å²) in [7, 11) is 3.87. The molecule has 0 spiro atoms. The van der Waals surface area contributed by atoms with E-state index in [0.29, 0.717) is 6.04 Å². The second-order valence-electron chi connectivity index (χ2n) is 8.09. The highest BCUT2D eigenvalue weighted by Gasteiger charge is 2.41. The Morgan fingerprint density at radius 2 is 2.04 bits per heavy atom. The molecule has 6 nitrogen and oxygen atoms in total. The van der Waals surface area contributed by atoms with Crippen LogP contribution in [0.25, 0.3) is 0 Å². The molecular formula is C19H32N6. The van der Waals surface area contributed by atoms with Crippen molar-refractivity contribution < 1.29 is 0 Å². The average molecular weight is 345 g/mol. The minimum atomic E-state index is 0.445. The van der Waals surface area contributed by atoms with E-state index < -0.39 is 0 Å². The van der Waals surface area contributed by atoms with Crippen LogP contribution in [0.4, 0.5) is 5.69 Å². The Balaban J connectivity index is 1.28. The normalized spacial score (nSPS) is 24.7. The third-order valence-electron chi connectivity index (χ3n) is 6.00. The summed E-state index contributed by atoms with van der Waals surface area (Å²) < 4.78 is 1.88. The second-order valence-corrected chi connectivity index (χ2v) is 8.09. The van der Waals surface area contributed by atoms with Crippen LogP contribution in [0.5, 0.6) is 0 Å². The van der Waals surface area contributed by atoms with Crippen LogP contribution in [-0.4, -0.2) is 48.5 Å². The lowest BCUT2D eigenvalue weighted by Crippen LogP contribution is -2.52. The maximum absolute atomic E-state index is 4.47. The van der Waals surface area contributed by atoms with Crippen LogP contribution in [-0.2, 0) is 7.05 Å².